The summed E-state index contributed by atoms with van der Waals surface area (Å²) in [6.45, 7) is 7.67. The molecule has 5 aromatic rings. The van der Waals surface area contributed by atoms with Crippen LogP contribution in [0.15, 0.2) is 30.7 Å². The van der Waals surface area contributed by atoms with E-state index in [4.69, 9.17) is 27.1 Å². The van der Waals surface area contributed by atoms with Crippen LogP contribution in [0.4, 0.5) is 28.8 Å². The van der Waals surface area contributed by atoms with E-state index in [9.17, 15) is 18.8 Å². The molecule has 16 heteroatoms. The standard InChI is InChI=1S/C38H39ClF3N9O2S/c1-19(2)27-16-49(18-45-27)37(52)51-11-8-28(20(51)3)48(4)35-23-12-25(39)30(22-6-7-26(41)33-29(22)24(14-43)34(44)54-33)31(42)32(23)46-36(47-35)53-17-38-9-5-10-50(38)15-21(40)13-38/h6-7,12,16,18-21,28H,5,8-11,13,15,17,44H2,1-4H3/t20-,21-,28-,38+/m1/s1. The molecule has 3 aromatic heterocycles. The third kappa shape index (κ3) is 5.81. The van der Waals surface area contributed by atoms with Gasteiger partial charge in [0.25, 0.3) is 0 Å². The summed E-state index contributed by atoms with van der Waals surface area (Å²) in [5.74, 6) is -0.918. The summed E-state index contributed by atoms with van der Waals surface area (Å²) >= 11 is 7.82. The van der Waals surface area contributed by atoms with Crippen LogP contribution < -0.4 is 15.4 Å². The van der Waals surface area contributed by atoms with Gasteiger partial charge >= 0.3 is 12.0 Å². The van der Waals surface area contributed by atoms with Crippen LogP contribution in [0.1, 0.15) is 63.6 Å². The Morgan fingerprint density at radius 2 is 2.07 bits per heavy atom. The highest BCUT2D eigenvalue weighted by Crippen LogP contribution is 2.46. The summed E-state index contributed by atoms with van der Waals surface area (Å²) < 4.78 is 54.7. The molecule has 3 saturated heterocycles. The maximum atomic E-state index is 17.2. The average Bonchev–Trinajstić information content (AvgIpc) is 3.96. The topological polar surface area (TPSA) is 129 Å². The Hall–Kier alpha value is -4.65. The lowest BCUT2D eigenvalue weighted by atomic mass is 9.95. The maximum absolute atomic E-state index is 17.2. The van der Waals surface area contributed by atoms with E-state index in [2.05, 4.69) is 14.9 Å². The molecule has 3 fully saturated rings. The first-order chi connectivity index (χ1) is 25.8. The summed E-state index contributed by atoms with van der Waals surface area (Å²) in [4.78, 5) is 33.2. The lowest BCUT2D eigenvalue weighted by Gasteiger charge is -2.33. The van der Waals surface area contributed by atoms with E-state index >= 15 is 4.39 Å². The minimum Gasteiger partial charge on any atom is -0.461 e. The number of benzene rings is 2. The number of halogens is 4. The van der Waals surface area contributed by atoms with E-state index in [-0.39, 0.29) is 79.0 Å². The molecule has 0 unspecified atom stereocenters. The number of likely N-dealkylation sites (tertiary alicyclic amines) is 1. The van der Waals surface area contributed by atoms with Gasteiger partial charge in [-0.3, -0.25) is 9.47 Å². The second-order valence-corrected chi connectivity index (χ2v) is 16.4. The summed E-state index contributed by atoms with van der Waals surface area (Å²) in [5, 5.41) is 10.5. The summed E-state index contributed by atoms with van der Waals surface area (Å²) in [6, 6.07) is 5.33. The zero-order valence-corrected chi connectivity index (χ0v) is 31.8. The van der Waals surface area contributed by atoms with Crippen molar-refractivity contribution in [1.29, 1.82) is 5.26 Å². The zero-order chi connectivity index (χ0) is 38.2. The normalized spacial score (nSPS) is 22.8. The number of imidazole rings is 1. The fourth-order valence-electron chi connectivity index (χ4n) is 8.65. The molecule has 6 heterocycles. The van der Waals surface area contributed by atoms with Crippen LogP contribution in [0.2, 0.25) is 5.02 Å². The highest BCUT2D eigenvalue weighted by Gasteiger charge is 2.49. The minimum atomic E-state index is -0.971. The van der Waals surface area contributed by atoms with Crippen molar-refractivity contribution in [3.05, 3.63) is 58.6 Å². The predicted molar refractivity (Wildman–Crippen MR) is 203 cm³/mol. The lowest BCUT2D eigenvalue weighted by molar-refractivity contribution is 0.107. The first-order valence-electron chi connectivity index (χ1n) is 18.0. The van der Waals surface area contributed by atoms with E-state index in [1.165, 1.54) is 23.0 Å². The monoisotopic (exact) mass is 777 g/mol. The molecule has 8 rings (SSSR count). The number of nitrogens with two attached hydrogens (primary N) is 1. The van der Waals surface area contributed by atoms with Crippen LogP contribution in [0, 0.1) is 23.0 Å². The predicted octanol–water partition coefficient (Wildman–Crippen LogP) is 7.74. The second-order valence-electron chi connectivity index (χ2n) is 14.9. The molecule has 282 valence electrons. The molecule has 11 nitrogen and oxygen atoms in total. The molecule has 0 radical (unpaired) electrons. The van der Waals surface area contributed by atoms with Crippen LogP contribution in [0.3, 0.4) is 0 Å². The van der Waals surface area contributed by atoms with Crippen molar-refractivity contribution in [2.45, 2.75) is 76.2 Å². The molecule has 2 N–H and O–H groups in total. The number of thiophene rings is 1. The summed E-state index contributed by atoms with van der Waals surface area (Å²) in [7, 11) is 1.83. The number of hydrogen-bond donors (Lipinski definition) is 1. The molecule has 0 spiro atoms. The number of nitrogens with zero attached hydrogens (tertiary/aromatic N) is 8. The van der Waals surface area contributed by atoms with Gasteiger partial charge in [0.2, 0.25) is 0 Å². The number of aromatic nitrogens is 4. The number of likely N-dealkylation sites (N-methyl/N-ethyl adjacent to an activating group) is 1. The van der Waals surface area contributed by atoms with Gasteiger partial charge in [0, 0.05) is 49.1 Å². The Kier molecular flexibility index (Phi) is 9.14. The fourth-order valence-corrected chi connectivity index (χ4v) is 9.90. The number of nitriles is 1. The van der Waals surface area contributed by atoms with Gasteiger partial charge in [0.15, 0.2) is 5.82 Å². The molecular formula is C38H39ClF3N9O2S. The number of amides is 1. The van der Waals surface area contributed by atoms with E-state index < -0.39 is 23.3 Å². The van der Waals surface area contributed by atoms with E-state index in [1.807, 2.05) is 38.8 Å². The molecule has 4 atom stereocenters. The number of anilines is 2. The number of fused-ring (bicyclic) bond motifs is 3. The number of carbonyl (C=O) groups excluding carboxylic acids is 1. The molecule has 0 bridgehead atoms. The molecular weight excluding hydrogens is 739 g/mol. The van der Waals surface area contributed by atoms with Crippen LogP contribution in [-0.4, -0.2) is 92.4 Å². The van der Waals surface area contributed by atoms with Crippen molar-refractivity contribution in [2.24, 2.45) is 0 Å². The van der Waals surface area contributed by atoms with E-state index in [0.717, 1.165) is 36.4 Å². The van der Waals surface area contributed by atoms with Crippen molar-refractivity contribution < 1.29 is 22.7 Å². The molecule has 3 aliphatic rings. The van der Waals surface area contributed by atoms with E-state index in [0.29, 0.717) is 37.1 Å². The number of alkyl halides is 1. The van der Waals surface area contributed by atoms with Gasteiger partial charge in [-0.15, -0.1) is 11.3 Å². The van der Waals surface area contributed by atoms with Crippen molar-refractivity contribution in [3.8, 4) is 23.2 Å². The third-order valence-corrected chi connectivity index (χ3v) is 12.8. The van der Waals surface area contributed by atoms with Gasteiger partial charge < -0.3 is 20.3 Å². The van der Waals surface area contributed by atoms with Gasteiger partial charge in [0.05, 0.1) is 38.6 Å². The number of rotatable bonds is 7. The van der Waals surface area contributed by atoms with Gasteiger partial charge in [-0.25, -0.2) is 22.9 Å². The van der Waals surface area contributed by atoms with Crippen LogP contribution in [0.25, 0.3) is 32.1 Å². The van der Waals surface area contributed by atoms with Gasteiger partial charge in [-0.2, -0.15) is 15.2 Å². The third-order valence-electron chi connectivity index (χ3n) is 11.5. The SMILES string of the molecule is CC(C)c1cn(C(=O)N2CC[C@@H](N(C)c3nc(OC[C@@]45CCCN4C[C@H](F)C5)nc4c(F)c(-c5ccc(F)c6sc(N)c(C#N)c56)c(Cl)cc34)[C@H]2C)cn1. The van der Waals surface area contributed by atoms with Crippen molar-refractivity contribution in [2.75, 3.05) is 43.9 Å². The highest BCUT2D eigenvalue weighted by atomic mass is 35.5. The zero-order valence-electron chi connectivity index (χ0n) is 30.2. The van der Waals surface area contributed by atoms with E-state index in [1.54, 1.807) is 17.2 Å². The highest BCUT2D eigenvalue weighted by molar-refractivity contribution is 7.23. The number of hydrogen-bond acceptors (Lipinski definition) is 10. The minimum absolute atomic E-state index is 0.00810. The Labute approximate surface area is 319 Å². The molecule has 0 saturated carbocycles. The number of carbonyl (C=O) groups is 1. The smallest absolute Gasteiger partial charge is 0.329 e. The largest absolute Gasteiger partial charge is 0.461 e. The summed E-state index contributed by atoms with van der Waals surface area (Å²) in [5.41, 5.74) is 6.44. The summed E-state index contributed by atoms with van der Waals surface area (Å²) in [6.07, 6.45) is 4.89. The van der Waals surface area contributed by atoms with Crippen LogP contribution in [0.5, 0.6) is 6.01 Å². The molecule has 0 aliphatic carbocycles. The molecule has 3 aliphatic heterocycles. The number of nitrogen functional groups attached to an aromatic ring is 1. The Morgan fingerprint density at radius 1 is 1.28 bits per heavy atom. The van der Waals surface area contributed by atoms with Gasteiger partial charge in [-0.05, 0) is 56.3 Å². The Morgan fingerprint density at radius 3 is 2.81 bits per heavy atom. The number of ether oxygens (including phenoxy) is 1. The van der Waals surface area contributed by atoms with Crippen LogP contribution >= 0.6 is 22.9 Å². The second kappa shape index (κ2) is 13.6. The van der Waals surface area contributed by atoms with Crippen molar-refractivity contribution in [1.82, 2.24) is 29.3 Å². The molecule has 54 heavy (non-hydrogen) atoms. The quantitative estimate of drug-likeness (QED) is 0.177. The molecule has 1 amide bonds. The molecule has 2 aromatic carbocycles. The lowest BCUT2D eigenvalue weighted by Crippen LogP contribution is -2.45. The van der Waals surface area contributed by atoms with Gasteiger partial charge in [0.1, 0.15) is 47.3 Å². The average molecular weight is 778 g/mol. The first-order valence-corrected chi connectivity index (χ1v) is 19.2. The van der Waals surface area contributed by atoms with Gasteiger partial charge in [-0.1, -0.05) is 31.5 Å². The first kappa shape index (κ1) is 36.3. The fraction of sp³-hybridized carbons (Fsp3) is 0.447. The van der Waals surface area contributed by atoms with Crippen LogP contribution in [-0.2, 0) is 0 Å². The maximum Gasteiger partial charge on any atom is 0.329 e. The Bertz CT molecular complexity index is 2360. The van der Waals surface area contributed by atoms with Crippen molar-refractivity contribution >= 4 is 60.8 Å². The van der Waals surface area contributed by atoms with Crippen molar-refractivity contribution in [3.63, 3.8) is 0 Å². The Balaban J connectivity index is 1.22.